The number of ether oxygens (including phenoxy) is 2. The van der Waals surface area contributed by atoms with Crippen molar-refractivity contribution in [3.05, 3.63) is 72.8 Å². The molecular weight excluding hydrogens is 408 g/mol. The molecule has 0 heterocycles. The van der Waals surface area contributed by atoms with Gasteiger partial charge in [0.2, 0.25) is 0 Å². The third kappa shape index (κ3) is 8.13. The Morgan fingerprint density at radius 2 is 1.12 bits per heavy atom. The molecular formula is C26H30O6. The zero-order valence-electron chi connectivity index (χ0n) is 18.4. The van der Waals surface area contributed by atoms with Crippen LogP contribution in [0.4, 0.5) is 0 Å². The van der Waals surface area contributed by atoms with Gasteiger partial charge in [-0.15, -0.1) is 0 Å². The standard InChI is InChI=1S/C26H30O6/c1-3-9-19(27)15-21(29)17-31-25-13-7-5-11-23(25)24-12-6-8-14-26(24)32-18-22(30)16-20(28)10-4-2/h3-14,21-22,29-30H,15-18H2,1-2H3. The first kappa shape index (κ1) is 25.0. The lowest BCUT2D eigenvalue weighted by atomic mass is 10.0. The summed E-state index contributed by atoms with van der Waals surface area (Å²) in [7, 11) is 0. The summed E-state index contributed by atoms with van der Waals surface area (Å²) in [5, 5.41) is 20.2. The monoisotopic (exact) mass is 438 g/mol. The first-order valence-corrected chi connectivity index (χ1v) is 10.6. The molecule has 2 N–H and O–H groups in total. The summed E-state index contributed by atoms with van der Waals surface area (Å²) in [5.74, 6) is 0.735. The van der Waals surface area contributed by atoms with Gasteiger partial charge in [0.05, 0.1) is 12.2 Å². The summed E-state index contributed by atoms with van der Waals surface area (Å²) in [6, 6.07) is 14.6. The number of carbonyl (C=O) groups excluding carboxylic acids is 2. The van der Waals surface area contributed by atoms with Crippen molar-refractivity contribution in [2.24, 2.45) is 0 Å². The van der Waals surface area contributed by atoms with Crippen molar-refractivity contribution >= 4 is 11.6 Å². The largest absolute Gasteiger partial charge is 0.490 e. The molecule has 6 heteroatoms. The minimum Gasteiger partial charge on any atom is -0.490 e. The summed E-state index contributed by atoms with van der Waals surface area (Å²) in [6.45, 7) is 3.43. The molecule has 2 rings (SSSR count). The molecule has 0 aliphatic heterocycles. The summed E-state index contributed by atoms with van der Waals surface area (Å²) in [4.78, 5) is 23.3. The molecule has 170 valence electrons. The molecule has 0 amide bonds. The summed E-state index contributed by atoms with van der Waals surface area (Å²) < 4.78 is 11.6. The van der Waals surface area contributed by atoms with Crippen LogP contribution in [0.1, 0.15) is 26.7 Å². The van der Waals surface area contributed by atoms with Gasteiger partial charge in [0, 0.05) is 24.0 Å². The second kappa shape index (κ2) is 13.2. The minimum atomic E-state index is -0.928. The van der Waals surface area contributed by atoms with Crippen molar-refractivity contribution < 1.29 is 29.3 Å². The lowest BCUT2D eigenvalue weighted by molar-refractivity contribution is -0.117. The lowest BCUT2D eigenvalue weighted by Crippen LogP contribution is -2.21. The predicted molar refractivity (Wildman–Crippen MR) is 124 cm³/mol. The zero-order valence-corrected chi connectivity index (χ0v) is 18.4. The number of carbonyl (C=O) groups is 2. The minimum absolute atomic E-state index is 0.0178. The van der Waals surface area contributed by atoms with Crippen LogP contribution in [0.15, 0.2) is 72.8 Å². The first-order chi connectivity index (χ1) is 15.4. The van der Waals surface area contributed by atoms with E-state index >= 15 is 0 Å². The van der Waals surface area contributed by atoms with E-state index in [1.165, 1.54) is 12.2 Å². The summed E-state index contributed by atoms with van der Waals surface area (Å²) in [5.41, 5.74) is 1.49. The van der Waals surface area contributed by atoms with Crippen LogP contribution in [0, 0.1) is 0 Å². The summed E-state index contributed by atoms with van der Waals surface area (Å²) in [6.07, 6.45) is 4.22. The molecule has 6 nitrogen and oxygen atoms in total. The molecule has 2 aromatic rings. The van der Waals surface area contributed by atoms with E-state index in [4.69, 9.17) is 9.47 Å². The van der Waals surface area contributed by atoms with Crippen molar-refractivity contribution in [3.8, 4) is 22.6 Å². The molecule has 0 aliphatic carbocycles. The van der Waals surface area contributed by atoms with E-state index in [0.717, 1.165) is 11.1 Å². The highest BCUT2D eigenvalue weighted by molar-refractivity contribution is 5.90. The Morgan fingerprint density at radius 1 is 0.750 bits per heavy atom. The fourth-order valence-corrected chi connectivity index (χ4v) is 3.09. The van der Waals surface area contributed by atoms with Gasteiger partial charge in [0.1, 0.15) is 24.7 Å². The van der Waals surface area contributed by atoms with Crippen LogP contribution in [-0.4, -0.2) is 47.2 Å². The van der Waals surface area contributed by atoms with Crippen molar-refractivity contribution in [2.45, 2.75) is 38.9 Å². The van der Waals surface area contributed by atoms with E-state index in [1.807, 2.05) is 36.4 Å². The van der Waals surface area contributed by atoms with Crippen molar-refractivity contribution in [1.29, 1.82) is 0 Å². The molecule has 0 aromatic heterocycles. The second-order valence-electron chi connectivity index (χ2n) is 7.26. The number of para-hydroxylation sites is 2. The van der Waals surface area contributed by atoms with Crippen LogP contribution in [0.5, 0.6) is 11.5 Å². The number of hydrogen-bond donors (Lipinski definition) is 2. The zero-order chi connectivity index (χ0) is 23.3. The Hall–Kier alpha value is -3.22. The smallest absolute Gasteiger partial charge is 0.158 e. The van der Waals surface area contributed by atoms with E-state index in [-0.39, 0.29) is 37.6 Å². The highest BCUT2D eigenvalue weighted by Crippen LogP contribution is 2.36. The SMILES string of the molecule is CC=CC(=O)CC(O)COc1ccccc1-c1ccccc1OCC(O)CC(=O)C=CC. The Balaban J connectivity index is 2.11. The normalized spacial score (nSPS) is 13.2. The maximum atomic E-state index is 11.7. The molecule has 2 atom stereocenters. The third-order valence-corrected chi connectivity index (χ3v) is 4.51. The van der Waals surface area contributed by atoms with Gasteiger partial charge < -0.3 is 19.7 Å². The van der Waals surface area contributed by atoms with Gasteiger partial charge in [-0.3, -0.25) is 9.59 Å². The average Bonchev–Trinajstić information content (AvgIpc) is 2.77. The van der Waals surface area contributed by atoms with Crippen molar-refractivity contribution in [2.75, 3.05) is 13.2 Å². The van der Waals surface area contributed by atoms with Crippen LogP contribution in [0.3, 0.4) is 0 Å². The number of allylic oxidation sites excluding steroid dienone is 4. The van der Waals surface area contributed by atoms with E-state index in [1.54, 1.807) is 38.1 Å². The number of rotatable bonds is 13. The Bertz CT molecular complexity index is 869. The maximum absolute atomic E-state index is 11.7. The topological polar surface area (TPSA) is 93.1 Å². The van der Waals surface area contributed by atoms with Gasteiger partial charge >= 0.3 is 0 Å². The van der Waals surface area contributed by atoms with Crippen LogP contribution >= 0.6 is 0 Å². The number of hydrogen-bond acceptors (Lipinski definition) is 6. The van der Waals surface area contributed by atoms with Crippen LogP contribution in [0.25, 0.3) is 11.1 Å². The maximum Gasteiger partial charge on any atom is 0.158 e. The van der Waals surface area contributed by atoms with Crippen molar-refractivity contribution in [3.63, 3.8) is 0 Å². The van der Waals surface area contributed by atoms with Gasteiger partial charge in [-0.25, -0.2) is 0 Å². The van der Waals surface area contributed by atoms with E-state index in [9.17, 15) is 19.8 Å². The third-order valence-electron chi connectivity index (χ3n) is 4.51. The molecule has 0 saturated carbocycles. The van der Waals surface area contributed by atoms with Gasteiger partial charge in [-0.2, -0.15) is 0 Å². The average molecular weight is 439 g/mol. The van der Waals surface area contributed by atoms with Gasteiger partial charge in [0.15, 0.2) is 11.6 Å². The fraction of sp³-hybridized carbons (Fsp3) is 0.308. The van der Waals surface area contributed by atoms with Crippen LogP contribution < -0.4 is 9.47 Å². The number of aliphatic hydroxyl groups excluding tert-OH is 2. The Kier molecular flexibility index (Phi) is 10.4. The lowest BCUT2D eigenvalue weighted by Gasteiger charge is -2.17. The van der Waals surface area contributed by atoms with Gasteiger partial charge in [-0.05, 0) is 38.1 Å². The molecule has 0 fully saturated rings. The van der Waals surface area contributed by atoms with E-state index < -0.39 is 12.2 Å². The van der Waals surface area contributed by atoms with Crippen LogP contribution in [-0.2, 0) is 9.59 Å². The fourth-order valence-electron chi connectivity index (χ4n) is 3.09. The predicted octanol–water partition coefficient (Wildman–Crippen LogP) is 3.90. The first-order valence-electron chi connectivity index (χ1n) is 10.6. The molecule has 0 bridgehead atoms. The molecule has 0 aliphatic rings. The Labute approximate surface area is 188 Å². The quantitative estimate of drug-likeness (QED) is 0.461. The van der Waals surface area contributed by atoms with Gasteiger partial charge in [-0.1, -0.05) is 48.6 Å². The Morgan fingerprint density at radius 3 is 1.50 bits per heavy atom. The van der Waals surface area contributed by atoms with E-state index in [2.05, 4.69) is 0 Å². The van der Waals surface area contributed by atoms with Gasteiger partial charge in [0.25, 0.3) is 0 Å². The summed E-state index contributed by atoms with van der Waals surface area (Å²) >= 11 is 0. The number of benzene rings is 2. The number of ketones is 2. The highest BCUT2D eigenvalue weighted by Gasteiger charge is 2.16. The molecule has 2 unspecified atom stereocenters. The molecule has 0 saturated heterocycles. The van der Waals surface area contributed by atoms with Crippen molar-refractivity contribution in [1.82, 2.24) is 0 Å². The highest BCUT2D eigenvalue weighted by atomic mass is 16.5. The number of aliphatic hydroxyl groups is 2. The second-order valence-corrected chi connectivity index (χ2v) is 7.26. The molecule has 0 radical (unpaired) electrons. The molecule has 32 heavy (non-hydrogen) atoms. The van der Waals surface area contributed by atoms with Crippen LogP contribution in [0.2, 0.25) is 0 Å². The molecule has 2 aromatic carbocycles. The molecule has 0 spiro atoms. The van der Waals surface area contributed by atoms with E-state index in [0.29, 0.717) is 11.5 Å².